The highest BCUT2D eigenvalue weighted by atomic mass is 16.6. The van der Waals surface area contributed by atoms with Gasteiger partial charge in [-0.1, -0.05) is 47.0 Å². The maximum atomic E-state index is 13.0. The maximum Gasteiger partial charge on any atom is 0.338 e. The van der Waals surface area contributed by atoms with Crippen LogP contribution in [0.15, 0.2) is 48.5 Å². The number of ether oxygens (including phenoxy) is 4. The molecule has 6 nitrogen and oxygen atoms in total. The van der Waals surface area contributed by atoms with Crippen LogP contribution in [0.1, 0.15) is 93.4 Å². The molecule has 0 heterocycles. The second-order valence-electron chi connectivity index (χ2n) is 11.1. The highest BCUT2D eigenvalue weighted by Gasteiger charge is 2.29. The number of hydrogen-bond donors (Lipinski definition) is 0. The van der Waals surface area contributed by atoms with Gasteiger partial charge in [0, 0.05) is 0 Å². The van der Waals surface area contributed by atoms with Crippen molar-refractivity contribution in [1.29, 1.82) is 0 Å². The highest BCUT2D eigenvalue weighted by Crippen LogP contribution is 2.29. The third-order valence-electron chi connectivity index (χ3n) is 6.92. The fraction of sp³-hybridized carbons (Fsp3) is 0.562. The van der Waals surface area contributed by atoms with E-state index in [9.17, 15) is 9.59 Å². The molecule has 6 heteroatoms. The monoisotopic (exact) mass is 524 g/mol. The summed E-state index contributed by atoms with van der Waals surface area (Å²) in [6.45, 7) is 9.94. The average molecular weight is 525 g/mol. The first kappa shape index (κ1) is 29.5. The Labute approximate surface area is 228 Å². The Morgan fingerprint density at radius 3 is 1.66 bits per heavy atom. The molecule has 3 rings (SSSR count). The van der Waals surface area contributed by atoms with E-state index in [0.717, 1.165) is 50.0 Å². The summed E-state index contributed by atoms with van der Waals surface area (Å²) in [7, 11) is 0. The standard InChI is InChI=1S/C32H44O6/c1-23(2)18-20-35-28-14-10-26(11-15-28)31(33)37-22-30(25-8-6-5-7-9-25)38-32(34)27-12-16-29(17-13-27)36-21-19-24(3)4/h10-17,23-25,30H,5-9,18-22H2,1-4H3. The largest absolute Gasteiger partial charge is 0.494 e. The van der Waals surface area contributed by atoms with Gasteiger partial charge in [0.2, 0.25) is 0 Å². The summed E-state index contributed by atoms with van der Waals surface area (Å²) < 4.78 is 23.0. The zero-order valence-electron chi connectivity index (χ0n) is 23.4. The Morgan fingerprint density at radius 2 is 1.18 bits per heavy atom. The second-order valence-corrected chi connectivity index (χ2v) is 11.1. The molecule has 0 spiro atoms. The number of benzene rings is 2. The van der Waals surface area contributed by atoms with Crippen molar-refractivity contribution in [3.05, 3.63) is 59.7 Å². The second kappa shape index (κ2) is 15.4. The first-order valence-electron chi connectivity index (χ1n) is 14.2. The average Bonchev–Trinajstić information content (AvgIpc) is 2.91. The van der Waals surface area contributed by atoms with E-state index in [2.05, 4.69) is 27.7 Å². The third kappa shape index (κ3) is 10.0. The van der Waals surface area contributed by atoms with Gasteiger partial charge in [-0.25, -0.2) is 9.59 Å². The zero-order valence-corrected chi connectivity index (χ0v) is 23.4. The lowest BCUT2D eigenvalue weighted by molar-refractivity contribution is -0.0247. The molecule has 1 fully saturated rings. The van der Waals surface area contributed by atoms with Gasteiger partial charge in [-0.15, -0.1) is 0 Å². The number of esters is 2. The molecule has 1 aliphatic rings. The van der Waals surface area contributed by atoms with Gasteiger partial charge in [-0.3, -0.25) is 0 Å². The molecule has 0 aliphatic heterocycles. The van der Waals surface area contributed by atoms with Crippen molar-refractivity contribution in [2.24, 2.45) is 17.8 Å². The SMILES string of the molecule is CC(C)CCOc1ccc(C(=O)OCC(OC(=O)c2ccc(OCCC(C)C)cc2)C2CCCCC2)cc1. The molecule has 0 aromatic heterocycles. The summed E-state index contributed by atoms with van der Waals surface area (Å²) in [6.07, 6.45) is 6.75. The third-order valence-corrected chi connectivity index (χ3v) is 6.92. The molecule has 1 saturated carbocycles. The van der Waals surface area contributed by atoms with Gasteiger partial charge in [-0.2, -0.15) is 0 Å². The van der Waals surface area contributed by atoms with Crippen molar-refractivity contribution in [3.63, 3.8) is 0 Å². The van der Waals surface area contributed by atoms with Crippen LogP contribution in [0, 0.1) is 17.8 Å². The van der Waals surface area contributed by atoms with Crippen molar-refractivity contribution >= 4 is 11.9 Å². The van der Waals surface area contributed by atoms with Crippen molar-refractivity contribution in [3.8, 4) is 11.5 Å². The Hall–Kier alpha value is -3.02. The van der Waals surface area contributed by atoms with Gasteiger partial charge in [0.15, 0.2) is 0 Å². The molecule has 1 atom stereocenters. The van der Waals surface area contributed by atoms with Crippen LogP contribution in [0.3, 0.4) is 0 Å². The van der Waals surface area contributed by atoms with E-state index in [4.69, 9.17) is 18.9 Å². The summed E-state index contributed by atoms with van der Waals surface area (Å²) in [4.78, 5) is 25.7. The zero-order chi connectivity index (χ0) is 27.3. The van der Waals surface area contributed by atoms with Gasteiger partial charge in [0.05, 0.1) is 24.3 Å². The fourth-order valence-corrected chi connectivity index (χ4v) is 4.42. The van der Waals surface area contributed by atoms with Crippen LogP contribution in [-0.2, 0) is 9.47 Å². The number of carbonyl (C=O) groups is 2. The van der Waals surface area contributed by atoms with Crippen LogP contribution in [0.25, 0.3) is 0 Å². The minimum atomic E-state index is -0.479. The van der Waals surface area contributed by atoms with Crippen LogP contribution in [0.4, 0.5) is 0 Å². The Bertz CT molecular complexity index is 974. The maximum absolute atomic E-state index is 13.0. The molecule has 0 N–H and O–H groups in total. The molecule has 0 amide bonds. The van der Waals surface area contributed by atoms with Crippen LogP contribution < -0.4 is 9.47 Å². The van der Waals surface area contributed by atoms with Crippen LogP contribution in [0.2, 0.25) is 0 Å². The van der Waals surface area contributed by atoms with Crippen LogP contribution in [0.5, 0.6) is 11.5 Å². The molecule has 2 aromatic carbocycles. The lowest BCUT2D eigenvalue weighted by Gasteiger charge is -2.29. The molecule has 2 aromatic rings. The van der Waals surface area contributed by atoms with E-state index >= 15 is 0 Å². The summed E-state index contributed by atoms with van der Waals surface area (Å²) in [6, 6.07) is 14.0. The number of hydrogen-bond acceptors (Lipinski definition) is 6. The van der Waals surface area contributed by atoms with Crippen molar-refractivity contribution in [1.82, 2.24) is 0 Å². The lowest BCUT2D eigenvalue weighted by atomic mass is 9.85. The summed E-state index contributed by atoms with van der Waals surface area (Å²) in [5.74, 6) is 1.94. The molecule has 1 unspecified atom stereocenters. The number of carbonyl (C=O) groups excluding carboxylic acids is 2. The molecular weight excluding hydrogens is 480 g/mol. The summed E-state index contributed by atoms with van der Waals surface area (Å²) >= 11 is 0. The molecule has 0 radical (unpaired) electrons. The minimum absolute atomic E-state index is 0.0400. The first-order valence-corrected chi connectivity index (χ1v) is 14.2. The van der Waals surface area contributed by atoms with E-state index in [1.54, 1.807) is 48.5 Å². The molecule has 0 bridgehead atoms. The smallest absolute Gasteiger partial charge is 0.338 e. The molecule has 1 aliphatic carbocycles. The summed E-state index contributed by atoms with van der Waals surface area (Å²) in [5, 5.41) is 0. The summed E-state index contributed by atoms with van der Waals surface area (Å²) in [5.41, 5.74) is 0.907. The van der Waals surface area contributed by atoms with Gasteiger partial charge in [0.25, 0.3) is 0 Å². The highest BCUT2D eigenvalue weighted by molar-refractivity contribution is 5.90. The van der Waals surface area contributed by atoms with E-state index in [1.165, 1.54) is 6.42 Å². The van der Waals surface area contributed by atoms with E-state index < -0.39 is 18.0 Å². The van der Waals surface area contributed by atoms with Gasteiger partial charge < -0.3 is 18.9 Å². The Morgan fingerprint density at radius 1 is 0.711 bits per heavy atom. The van der Waals surface area contributed by atoms with Crippen LogP contribution in [-0.4, -0.2) is 37.9 Å². The molecule has 0 saturated heterocycles. The quantitative estimate of drug-likeness (QED) is 0.238. The van der Waals surface area contributed by atoms with E-state index in [1.807, 2.05) is 0 Å². The topological polar surface area (TPSA) is 71.1 Å². The van der Waals surface area contributed by atoms with E-state index in [-0.39, 0.29) is 12.5 Å². The normalized spacial score (nSPS) is 14.8. The van der Waals surface area contributed by atoms with Crippen molar-refractivity contribution in [2.75, 3.05) is 19.8 Å². The van der Waals surface area contributed by atoms with Gasteiger partial charge >= 0.3 is 11.9 Å². The van der Waals surface area contributed by atoms with Crippen LogP contribution >= 0.6 is 0 Å². The van der Waals surface area contributed by atoms with Gasteiger partial charge in [-0.05, 0) is 92.0 Å². The lowest BCUT2D eigenvalue weighted by Crippen LogP contribution is -2.33. The Kier molecular flexibility index (Phi) is 12.0. The number of rotatable bonds is 14. The fourth-order valence-electron chi connectivity index (χ4n) is 4.42. The predicted molar refractivity (Wildman–Crippen MR) is 149 cm³/mol. The minimum Gasteiger partial charge on any atom is -0.494 e. The van der Waals surface area contributed by atoms with Crippen molar-refractivity contribution in [2.45, 2.75) is 78.7 Å². The van der Waals surface area contributed by atoms with Crippen molar-refractivity contribution < 1.29 is 28.5 Å². The molecule has 38 heavy (non-hydrogen) atoms. The predicted octanol–water partition coefficient (Wildman–Crippen LogP) is 7.50. The molecule has 208 valence electrons. The Balaban J connectivity index is 1.56. The first-order chi connectivity index (χ1) is 18.3. The van der Waals surface area contributed by atoms with Gasteiger partial charge in [0.1, 0.15) is 24.2 Å². The molecular formula is C32H44O6. The van der Waals surface area contributed by atoms with E-state index in [0.29, 0.717) is 36.2 Å².